The number of H-pyrrole nitrogens is 1. The van der Waals surface area contributed by atoms with Gasteiger partial charge >= 0.3 is 23.9 Å². The molecule has 0 spiro atoms. The van der Waals surface area contributed by atoms with Crippen molar-refractivity contribution < 1.29 is 52.3 Å². The summed E-state index contributed by atoms with van der Waals surface area (Å²) >= 11 is 0. The van der Waals surface area contributed by atoms with E-state index in [0.29, 0.717) is 5.75 Å². The molecule has 1 saturated heterocycles. The van der Waals surface area contributed by atoms with E-state index < -0.39 is 60.7 Å². The lowest BCUT2D eigenvalue weighted by atomic mass is 9.97. The average Bonchev–Trinajstić information content (AvgIpc) is 3.66. The first-order chi connectivity index (χ1) is 28.3. The van der Waals surface area contributed by atoms with Crippen LogP contribution in [0.3, 0.4) is 0 Å². The second-order valence-corrected chi connectivity index (χ2v) is 13.0. The van der Waals surface area contributed by atoms with E-state index in [2.05, 4.69) is 15.0 Å². The average molecular weight is 785 g/mol. The maximum Gasteiger partial charge on any atom is 0.339 e. The SMILES string of the molecule is COC(=O)[C@H]1O[C@@H](OC(CN=[N+]=[N-])COc2cccc3[nH]c4ccccc4c23)[C@H](OC(=O)c2ccccc2)[C@@H](OC(=O)c2ccccc2)[C@@H]1OC(=O)c1ccccc1. The molecule has 1 N–H and O–H groups in total. The number of esters is 4. The van der Waals surface area contributed by atoms with Crippen LogP contribution in [0.4, 0.5) is 0 Å². The minimum Gasteiger partial charge on any atom is -0.490 e. The number of nitrogens with zero attached hydrogens (tertiary/aromatic N) is 3. The summed E-state index contributed by atoms with van der Waals surface area (Å²) < 4.78 is 41.9. The topological polar surface area (TPSA) is 197 Å². The fourth-order valence-corrected chi connectivity index (χ4v) is 6.54. The Kier molecular flexibility index (Phi) is 12.2. The van der Waals surface area contributed by atoms with Gasteiger partial charge in [0.2, 0.25) is 0 Å². The Balaban J connectivity index is 1.27. The van der Waals surface area contributed by atoms with Crippen LogP contribution < -0.4 is 4.74 Å². The molecule has 15 nitrogen and oxygen atoms in total. The molecule has 0 radical (unpaired) electrons. The van der Waals surface area contributed by atoms with Crippen molar-refractivity contribution in [3.05, 3.63) is 161 Å². The lowest BCUT2D eigenvalue weighted by Gasteiger charge is -2.44. The quantitative estimate of drug-likeness (QED) is 0.0394. The number of hydrogen-bond donors (Lipinski definition) is 1. The van der Waals surface area contributed by atoms with E-state index in [4.69, 9.17) is 33.2 Å². The van der Waals surface area contributed by atoms with Crippen LogP contribution >= 0.6 is 0 Å². The van der Waals surface area contributed by atoms with Crippen molar-refractivity contribution in [2.24, 2.45) is 5.11 Å². The summed E-state index contributed by atoms with van der Waals surface area (Å²) in [5, 5.41) is 5.41. The Labute approximate surface area is 330 Å². The Morgan fingerprint density at radius 2 is 1.22 bits per heavy atom. The number of nitrogens with one attached hydrogen (secondary N) is 1. The zero-order chi connectivity index (χ0) is 40.4. The fourth-order valence-electron chi connectivity index (χ4n) is 6.54. The second-order valence-electron chi connectivity index (χ2n) is 13.0. The molecule has 294 valence electrons. The maximum absolute atomic E-state index is 13.8. The van der Waals surface area contributed by atoms with Crippen molar-refractivity contribution in [3.8, 4) is 5.75 Å². The smallest absolute Gasteiger partial charge is 0.339 e. The monoisotopic (exact) mass is 784 g/mol. The highest BCUT2D eigenvalue weighted by Crippen LogP contribution is 2.35. The van der Waals surface area contributed by atoms with Crippen LogP contribution in [-0.4, -0.2) is 85.9 Å². The zero-order valence-corrected chi connectivity index (χ0v) is 30.9. The maximum atomic E-state index is 13.8. The molecule has 0 bridgehead atoms. The molecule has 5 aromatic carbocycles. The standard InChI is InChI=1S/C43H36N4O11/c1-52-42(51)37-35(55-39(48)26-14-5-2-6-15-26)36(56-40(49)27-16-7-3-8-17-27)38(57-41(50)28-18-9-4-10-19-28)43(58-37)54-29(24-45-47-44)25-53-33-23-13-22-32-34(33)30-20-11-12-21-31(30)46-32/h2-23,29,35-38,43,46H,24-25H2,1H3/t29?,35-,36-,37-,38+,43+/m0/s1. The molecular weight excluding hydrogens is 748 g/mol. The van der Waals surface area contributed by atoms with Crippen molar-refractivity contribution in [2.45, 2.75) is 36.8 Å². The summed E-state index contributed by atoms with van der Waals surface area (Å²) in [5.74, 6) is -3.24. The number of benzene rings is 5. The first-order valence-electron chi connectivity index (χ1n) is 18.1. The van der Waals surface area contributed by atoms with Crippen LogP contribution in [0.1, 0.15) is 31.1 Å². The van der Waals surface area contributed by atoms with Crippen LogP contribution in [0.15, 0.2) is 139 Å². The van der Waals surface area contributed by atoms with E-state index in [0.717, 1.165) is 28.9 Å². The van der Waals surface area contributed by atoms with Crippen LogP contribution in [0, 0.1) is 0 Å². The molecule has 7 rings (SSSR count). The van der Waals surface area contributed by atoms with Crippen molar-refractivity contribution in [3.63, 3.8) is 0 Å². The van der Waals surface area contributed by atoms with Crippen LogP contribution in [0.25, 0.3) is 32.2 Å². The Bertz CT molecular complexity index is 2440. The predicted octanol–water partition coefficient (Wildman–Crippen LogP) is 6.97. The number of aromatic amines is 1. The van der Waals surface area contributed by atoms with Crippen LogP contribution in [-0.2, 0) is 33.2 Å². The number of para-hydroxylation sites is 1. The molecule has 1 aliphatic rings. The van der Waals surface area contributed by atoms with Crippen LogP contribution in [0.5, 0.6) is 5.75 Å². The second kappa shape index (κ2) is 18.2. The lowest BCUT2D eigenvalue weighted by molar-refractivity contribution is -0.302. The van der Waals surface area contributed by atoms with Gasteiger partial charge in [0.05, 0.1) is 35.9 Å². The van der Waals surface area contributed by atoms with Gasteiger partial charge in [-0.25, -0.2) is 19.2 Å². The molecule has 1 unspecified atom stereocenters. The normalized spacial score (nSPS) is 19.3. The molecule has 0 amide bonds. The number of carbonyl (C=O) groups excluding carboxylic acids is 4. The third-order valence-electron chi connectivity index (χ3n) is 9.28. The van der Waals surface area contributed by atoms with Crippen molar-refractivity contribution in [1.82, 2.24) is 4.98 Å². The third kappa shape index (κ3) is 8.77. The number of aromatic nitrogens is 1. The number of ether oxygens (including phenoxy) is 7. The molecule has 58 heavy (non-hydrogen) atoms. The van der Waals surface area contributed by atoms with E-state index in [1.165, 1.54) is 36.4 Å². The number of fused-ring (bicyclic) bond motifs is 3. The van der Waals surface area contributed by atoms with E-state index in [1.807, 2.05) is 36.4 Å². The Morgan fingerprint density at radius 3 is 1.81 bits per heavy atom. The highest BCUT2D eigenvalue weighted by atomic mass is 16.7. The predicted molar refractivity (Wildman–Crippen MR) is 208 cm³/mol. The third-order valence-corrected chi connectivity index (χ3v) is 9.28. The largest absolute Gasteiger partial charge is 0.490 e. The van der Waals surface area contributed by atoms with Gasteiger partial charge in [-0.3, -0.25) is 0 Å². The number of hydrogen-bond acceptors (Lipinski definition) is 12. The van der Waals surface area contributed by atoms with Crippen molar-refractivity contribution in [1.29, 1.82) is 0 Å². The van der Waals surface area contributed by atoms with Gasteiger partial charge in [0.1, 0.15) is 18.5 Å². The summed E-state index contributed by atoms with van der Waals surface area (Å²) in [7, 11) is 1.09. The molecule has 1 fully saturated rings. The summed E-state index contributed by atoms with van der Waals surface area (Å²) in [6.45, 7) is -0.552. The van der Waals surface area contributed by atoms with E-state index in [-0.39, 0.29) is 29.8 Å². The number of methoxy groups -OCH3 is 1. The van der Waals surface area contributed by atoms with Gasteiger partial charge < -0.3 is 38.1 Å². The molecule has 1 aliphatic heterocycles. The molecule has 15 heteroatoms. The van der Waals surface area contributed by atoms with Crippen molar-refractivity contribution >= 4 is 45.7 Å². The van der Waals surface area contributed by atoms with Crippen LogP contribution in [0.2, 0.25) is 0 Å². The minimum absolute atomic E-state index is 0.100. The molecular formula is C43H36N4O11. The van der Waals surface area contributed by atoms with E-state index in [1.54, 1.807) is 60.7 Å². The molecule has 2 heterocycles. The lowest BCUT2D eigenvalue weighted by Crippen LogP contribution is -2.64. The van der Waals surface area contributed by atoms with Gasteiger partial charge in [-0.1, -0.05) is 84.0 Å². The first kappa shape index (κ1) is 39.1. The van der Waals surface area contributed by atoms with Gasteiger partial charge in [-0.15, -0.1) is 0 Å². The molecule has 0 saturated carbocycles. The van der Waals surface area contributed by atoms with E-state index >= 15 is 0 Å². The molecule has 6 aromatic rings. The summed E-state index contributed by atoms with van der Waals surface area (Å²) in [4.78, 5) is 61.0. The minimum atomic E-state index is -1.79. The summed E-state index contributed by atoms with van der Waals surface area (Å²) in [6, 6.07) is 36.9. The van der Waals surface area contributed by atoms with Crippen molar-refractivity contribution in [2.75, 3.05) is 20.3 Å². The van der Waals surface area contributed by atoms with Gasteiger partial charge in [0, 0.05) is 21.2 Å². The van der Waals surface area contributed by atoms with Gasteiger partial charge in [0.25, 0.3) is 0 Å². The highest BCUT2D eigenvalue weighted by Gasteiger charge is 2.56. The molecule has 6 atom stereocenters. The van der Waals surface area contributed by atoms with Gasteiger partial charge in [0.15, 0.2) is 30.7 Å². The Hall–Kier alpha value is -7.19. The Morgan fingerprint density at radius 1 is 0.690 bits per heavy atom. The fraction of sp³-hybridized carbons (Fsp3) is 0.209. The first-order valence-corrected chi connectivity index (χ1v) is 18.1. The highest BCUT2D eigenvalue weighted by molar-refractivity contribution is 6.10. The summed E-state index contributed by atoms with van der Waals surface area (Å²) in [5.41, 5.74) is 11.4. The molecule has 1 aromatic heterocycles. The zero-order valence-electron chi connectivity index (χ0n) is 30.9. The van der Waals surface area contributed by atoms with E-state index in [9.17, 15) is 24.7 Å². The number of carbonyl (C=O) groups is 4. The van der Waals surface area contributed by atoms with Gasteiger partial charge in [-0.05, 0) is 60.1 Å². The van der Waals surface area contributed by atoms with Gasteiger partial charge in [-0.2, -0.15) is 0 Å². The number of rotatable bonds is 14. The summed E-state index contributed by atoms with van der Waals surface area (Å²) in [6.07, 6.45) is -9.83. The number of azide groups is 1. The molecule has 0 aliphatic carbocycles.